The zero-order valence-electron chi connectivity index (χ0n) is 18.4. The fraction of sp³-hybridized carbons (Fsp3) is 0.348. The number of sulfonamides is 1. The Bertz CT molecular complexity index is 1190. The molecule has 33 heavy (non-hydrogen) atoms. The number of hydrogen-bond donors (Lipinski definition) is 0. The number of methoxy groups -OCH3 is 2. The second-order valence-electron chi connectivity index (χ2n) is 7.64. The maximum Gasteiger partial charge on any atom is 0.243 e. The van der Waals surface area contributed by atoms with Crippen LogP contribution in [0.1, 0.15) is 18.5 Å². The normalized spacial score (nSPS) is 16.3. The average Bonchev–Trinajstić information content (AvgIpc) is 3.51. The standard InChI is InChI=1S/C23H25ClN2O6S/c1-29-18-7-10-22(30-2)21(13-18)23-12-17(25-32-23)14-26(15-19-4-3-11-31-19)33(27,28)20-8-5-16(24)6-9-20/h5-10,12-13,19H,3-4,11,14-15H2,1-2H3. The summed E-state index contributed by atoms with van der Waals surface area (Å²) in [6.07, 6.45) is 1.54. The van der Waals surface area contributed by atoms with Crippen LogP contribution in [0.25, 0.3) is 11.3 Å². The summed E-state index contributed by atoms with van der Waals surface area (Å²) in [5.41, 5.74) is 1.12. The zero-order chi connectivity index (χ0) is 23.4. The molecule has 0 N–H and O–H groups in total. The highest BCUT2D eigenvalue weighted by molar-refractivity contribution is 7.89. The second kappa shape index (κ2) is 10.1. The van der Waals surface area contributed by atoms with Gasteiger partial charge in [0.2, 0.25) is 10.0 Å². The van der Waals surface area contributed by atoms with Crippen LogP contribution in [-0.4, -0.2) is 51.4 Å². The first-order valence-corrected chi connectivity index (χ1v) is 12.3. The predicted octanol–water partition coefficient (Wildman–Crippen LogP) is 4.38. The second-order valence-corrected chi connectivity index (χ2v) is 10.0. The highest BCUT2D eigenvalue weighted by atomic mass is 35.5. The van der Waals surface area contributed by atoms with E-state index in [0.717, 1.165) is 12.8 Å². The third-order valence-electron chi connectivity index (χ3n) is 5.45. The number of rotatable bonds is 9. The van der Waals surface area contributed by atoms with E-state index < -0.39 is 10.0 Å². The minimum atomic E-state index is -3.81. The minimum absolute atomic E-state index is 0.0284. The van der Waals surface area contributed by atoms with Crippen LogP contribution >= 0.6 is 11.6 Å². The largest absolute Gasteiger partial charge is 0.497 e. The van der Waals surface area contributed by atoms with E-state index >= 15 is 0 Å². The third kappa shape index (κ3) is 5.33. The van der Waals surface area contributed by atoms with Gasteiger partial charge in [-0.3, -0.25) is 0 Å². The lowest BCUT2D eigenvalue weighted by Crippen LogP contribution is -2.37. The lowest BCUT2D eigenvalue weighted by Gasteiger charge is -2.24. The summed E-state index contributed by atoms with van der Waals surface area (Å²) in [6.45, 7) is 0.874. The van der Waals surface area contributed by atoms with Crippen molar-refractivity contribution in [2.24, 2.45) is 0 Å². The SMILES string of the molecule is COc1ccc(OC)c(-c2cc(CN(CC3CCCO3)S(=O)(=O)c3ccc(Cl)cc3)no2)c1. The molecule has 0 saturated carbocycles. The number of halogens is 1. The first kappa shape index (κ1) is 23.6. The molecule has 0 spiro atoms. The molecule has 1 aliphatic rings. The number of ether oxygens (including phenoxy) is 3. The van der Waals surface area contributed by atoms with E-state index in [1.54, 1.807) is 50.6 Å². The van der Waals surface area contributed by atoms with Crippen molar-refractivity contribution in [3.05, 3.63) is 59.2 Å². The number of hydrogen-bond acceptors (Lipinski definition) is 7. The monoisotopic (exact) mass is 492 g/mol. The van der Waals surface area contributed by atoms with Gasteiger partial charge in [0.25, 0.3) is 0 Å². The molecule has 0 amide bonds. The van der Waals surface area contributed by atoms with Gasteiger partial charge in [0.1, 0.15) is 11.5 Å². The molecule has 0 aliphatic carbocycles. The Morgan fingerprint density at radius 3 is 2.58 bits per heavy atom. The molecule has 10 heteroatoms. The van der Waals surface area contributed by atoms with E-state index in [9.17, 15) is 8.42 Å². The Labute approximate surface area is 198 Å². The number of benzene rings is 2. The van der Waals surface area contributed by atoms with Crippen molar-refractivity contribution in [3.8, 4) is 22.8 Å². The molecule has 176 valence electrons. The predicted molar refractivity (Wildman–Crippen MR) is 123 cm³/mol. The lowest BCUT2D eigenvalue weighted by molar-refractivity contribution is 0.0922. The zero-order valence-corrected chi connectivity index (χ0v) is 19.9. The van der Waals surface area contributed by atoms with Crippen LogP contribution in [-0.2, 0) is 21.3 Å². The Morgan fingerprint density at radius 2 is 1.91 bits per heavy atom. The molecule has 1 unspecified atom stereocenters. The molecule has 1 saturated heterocycles. The molecule has 0 bridgehead atoms. The van der Waals surface area contributed by atoms with E-state index in [0.29, 0.717) is 40.1 Å². The summed E-state index contributed by atoms with van der Waals surface area (Å²) in [4.78, 5) is 0.156. The van der Waals surface area contributed by atoms with Crippen LogP contribution < -0.4 is 9.47 Å². The Kier molecular flexibility index (Phi) is 7.23. The van der Waals surface area contributed by atoms with Gasteiger partial charge in [0.05, 0.1) is 43.0 Å². The molecule has 1 fully saturated rings. The third-order valence-corrected chi connectivity index (χ3v) is 7.53. The summed E-state index contributed by atoms with van der Waals surface area (Å²) in [5, 5.41) is 4.59. The van der Waals surface area contributed by atoms with Gasteiger partial charge in [-0.25, -0.2) is 8.42 Å². The molecule has 1 aliphatic heterocycles. The molecule has 1 aromatic heterocycles. The summed E-state index contributed by atoms with van der Waals surface area (Å²) >= 11 is 5.95. The highest BCUT2D eigenvalue weighted by Gasteiger charge is 2.30. The Hall–Kier alpha value is -2.59. The summed E-state index contributed by atoms with van der Waals surface area (Å²) in [7, 11) is -0.682. The van der Waals surface area contributed by atoms with Crippen molar-refractivity contribution in [2.45, 2.75) is 30.4 Å². The fourth-order valence-corrected chi connectivity index (χ4v) is 5.29. The van der Waals surface area contributed by atoms with Gasteiger partial charge in [-0.1, -0.05) is 16.8 Å². The van der Waals surface area contributed by atoms with Crippen molar-refractivity contribution in [1.29, 1.82) is 0 Å². The molecular formula is C23H25ClN2O6S. The molecular weight excluding hydrogens is 468 g/mol. The van der Waals surface area contributed by atoms with Crippen LogP contribution in [0.5, 0.6) is 11.5 Å². The van der Waals surface area contributed by atoms with Gasteiger partial charge in [-0.05, 0) is 55.3 Å². The average molecular weight is 493 g/mol. The maximum absolute atomic E-state index is 13.4. The molecule has 2 aromatic carbocycles. The Morgan fingerprint density at radius 1 is 1.12 bits per heavy atom. The molecule has 3 aromatic rings. The highest BCUT2D eigenvalue weighted by Crippen LogP contribution is 2.34. The number of aromatic nitrogens is 1. The Balaban J connectivity index is 1.63. The fourth-order valence-electron chi connectivity index (χ4n) is 3.72. The maximum atomic E-state index is 13.4. The van der Waals surface area contributed by atoms with Crippen molar-refractivity contribution in [3.63, 3.8) is 0 Å². The minimum Gasteiger partial charge on any atom is -0.497 e. The molecule has 2 heterocycles. The van der Waals surface area contributed by atoms with Gasteiger partial charge >= 0.3 is 0 Å². The van der Waals surface area contributed by atoms with Crippen LogP contribution in [0.3, 0.4) is 0 Å². The molecule has 1 atom stereocenters. The first-order chi connectivity index (χ1) is 15.9. The van der Waals surface area contributed by atoms with Crippen LogP contribution in [0, 0.1) is 0 Å². The number of nitrogens with zero attached hydrogens (tertiary/aromatic N) is 2. The van der Waals surface area contributed by atoms with Crippen molar-refractivity contribution >= 4 is 21.6 Å². The molecule has 8 nitrogen and oxygen atoms in total. The first-order valence-electron chi connectivity index (χ1n) is 10.5. The van der Waals surface area contributed by atoms with Crippen molar-refractivity contribution in [2.75, 3.05) is 27.4 Å². The van der Waals surface area contributed by atoms with E-state index in [4.69, 9.17) is 30.3 Å². The van der Waals surface area contributed by atoms with Gasteiger partial charge in [0, 0.05) is 24.2 Å². The van der Waals surface area contributed by atoms with E-state index in [-0.39, 0.29) is 24.1 Å². The van der Waals surface area contributed by atoms with Crippen LogP contribution in [0.15, 0.2) is 57.9 Å². The quantitative estimate of drug-likeness (QED) is 0.437. The van der Waals surface area contributed by atoms with E-state index in [1.165, 1.54) is 16.4 Å². The summed E-state index contributed by atoms with van der Waals surface area (Å²) in [5.74, 6) is 1.67. The molecule has 4 rings (SSSR count). The van der Waals surface area contributed by atoms with Gasteiger partial charge in [-0.15, -0.1) is 0 Å². The van der Waals surface area contributed by atoms with Gasteiger partial charge in [0.15, 0.2) is 5.76 Å². The van der Waals surface area contributed by atoms with Gasteiger partial charge < -0.3 is 18.7 Å². The summed E-state index contributed by atoms with van der Waals surface area (Å²) < 4.78 is 50.2. The summed E-state index contributed by atoms with van der Waals surface area (Å²) in [6, 6.07) is 13.1. The van der Waals surface area contributed by atoms with Crippen LogP contribution in [0.2, 0.25) is 5.02 Å². The topological polar surface area (TPSA) is 91.1 Å². The van der Waals surface area contributed by atoms with Crippen molar-refractivity contribution < 1.29 is 27.2 Å². The van der Waals surface area contributed by atoms with Gasteiger partial charge in [-0.2, -0.15) is 4.31 Å². The van der Waals surface area contributed by atoms with E-state index in [1.807, 2.05) is 0 Å². The van der Waals surface area contributed by atoms with E-state index in [2.05, 4.69) is 5.16 Å². The lowest BCUT2D eigenvalue weighted by atomic mass is 10.1. The smallest absolute Gasteiger partial charge is 0.243 e. The van der Waals surface area contributed by atoms with Crippen molar-refractivity contribution in [1.82, 2.24) is 9.46 Å². The molecule has 0 radical (unpaired) electrons. The van der Waals surface area contributed by atoms with Crippen LogP contribution in [0.4, 0.5) is 0 Å².